The van der Waals surface area contributed by atoms with Crippen molar-refractivity contribution in [2.24, 2.45) is 11.3 Å². The first-order valence-electron chi connectivity index (χ1n) is 8.54. The van der Waals surface area contributed by atoms with E-state index in [9.17, 15) is 15.0 Å². The predicted molar refractivity (Wildman–Crippen MR) is 91.5 cm³/mol. The lowest BCUT2D eigenvalue weighted by Crippen LogP contribution is -2.55. The van der Waals surface area contributed by atoms with Gasteiger partial charge in [-0.15, -0.1) is 0 Å². The minimum atomic E-state index is -0.965. The molecule has 0 aliphatic carbocycles. The average Bonchev–Trinajstić information content (AvgIpc) is 2.58. The molecule has 0 amide bonds. The van der Waals surface area contributed by atoms with E-state index in [0.29, 0.717) is 0 Å². The lowest BCUT2D eigenvalue weighted by Gasteiger charge is -2.41. The quantitative estimate of drug-likeness (QED) is 0.787. The lowest BCUT2D eigenvalue weighted by molar-refractivity contribution is -0.292. The van der Waals surface area contributed by atoms with E-state index in [1.807, 2.05) is 30.3 Å². The summed E-state index contributed by atoms with van der Waals surface area (Å²) < 4.78 is 16.6. The molecule has 0 radical (unpaired) electrons. The third-order valence-electron chi connectivity index (χ3n) is 4.29. The van der Waals surface area contributed by atoms with Crippen LogP contribution in [-0.2, 0) is 25.6 Å². The Morgan fingerprint density at radius 2 is 1.80 bits per heavy atom. The number of aliphatic hydroxyl groups is 2. The number of aliphatic hydroxyl groups excluding tert-OH is 2. The minimum absolute atomic E-state index is 0.0838. The SMILES string of the molecule is C[C@@H]1C(O)[C@H](OCc2ccccc2)OC(COC(=O)C(C)(C)C)[C@@H]1O. The lowest BCUT2D eigenvalue weighted by atomic mass is 9.91. The summed E-state index contributed by atoms with van der Waals surface area (Å²) in [7, 11) is 0. The second-order valence-corrected chi connectivity index (χ2v) is 7.53. The van der Waals surface area contributed by atoms with Gasteiger partial charge in [-0.3, -0.25) is 4.79 Å². The smallest absolute Gasteiger partial charge is 0.311 e. The molecule has 0 saturated carbocycles. The van der Waals surface area contributed by atoms with Gasteiger partial charge in [0.05, 0.1) is 18.1 Å². The zero-order valence-electron chi connectivity index (χ0n) is 15.2. The number of carbonyl (C=O) groups excluding carboxylic acids is 1. The van der Waals surface area contributed by atoms with E-state index in [0.717, 1.165) is 5.56 Å². The molecule has 6 nitrogen and oxygen atoms in total. The van der Waals surface area contributed by atoms with Crippen molar-refractivity contribution in [3.63, 3.8) is 0 Å². The van der Waals surface area contributed by atoms with Crippen molar-refractivity contribution >= 4 is 5.97 Å². The zero-order chi connectivity index (χ0) is 18.6. The third-order valence-corrected chi connectivity index (χ3v) is 4.29. The number of ether oxygens (including phenoxy) is 3. The molecule has 140 valence electrons. The summed E-state index contributed by atoms with van der Waals surface area (Å²) in [5.74, 6) is -0.836. The molecule has 0 bridgehead atoms. The van der Waals surface area contributed by atoms with Gasteiger partial charge in [-0.25, -0.2) is 0 Å². The Morgan fingerprint density at radius 3 is 2.40 bits per heavy atom. The number of benzene rings is 1. The molecule has 0 spiro atoms. The van der Waals surface area contributed by atoms with Gasteiger partial charge >= 0.3 is 5.97 Å². The molecule has 2 rings (SSSR count). The molecule has 1 aromatic rings. The maximum atomic E-state index is 11.9. The van der Waals surface area contributed by atoms with Gasteiger partial charge in [0.2, 0.25) is 0 Å². The van der Waals surface area contributed by atoms with Gasteiger partial charge in [0.1, 0.15) is 18.8 Å². The van der Waals surface area contributed by atoms with Crippen LogP contribution in [0.2, 0.25) is 0 Å². The van der Waals surface area contributed by atoms with Crippen LogP contribution < -0.4 is 0 Å². The van der Waals surface area contributed by atoms with Crippen LogP contribution in [0.3, 0.4) is 0 Å². The molecule has 1 saturated heterocycles. The first-order valence-corrected chi connectivity index (χ1v) is 8.54. The van der Waals surface area contributed by atoms with E-state index >= 15 is 0 Å². The summed E-state index contributed by atoms with van der Waals surface area (Å²) in [5.41, 5.74) is 0.321. The van der Waals surface area contributed by atoms with Crippen LogP contribution in [0.4, 0.5) is 0 Å². The highest BCUT2D eigenvalue weighted by Crippen LogP contribution is 2.28. The van der Waals surface area contributed by atoms with Crippen LogP contribution in [0.25, 0.3) is 0 Å². The summed E-state index contributed by atoms with van der Waals surface area (Å²) in [6, 6.07) is 9.54. The fraction of sp³-hybridized carbons (Fsp3) is 0.632. The molecular weight excluding hydrogens is 324 g/mol. The summed E-state index contributed by atoms with van der Waals surface area (Å²) in [6.07, 6.45) is -3.55. The number of carbonyl (C=O) groups is 1. The van der Waals surface area contributed by atoms with Gasteiger partial charge in [0.25, 0.3) is 0 Å². The Kier molecular flexibility index (Phi) is 6.57. The largest absolute Gasteiger partial charge is 0.462 e. The minimum Gasteiger partial charge on any atom is -0.462 e. The molecule has 2 unspecified atom stereocenters. The molecule has 1 aromatic carbocycles. The van der Waals surface area contributed by atoms with E-state index in [1.165, 1.54) is 0 Å². The Hall–Kier alpha value is -1.47. The standard InChI is InChI=1S/C19H28O6/c1-12-15(20)14(11-24-18(22)19(2,3)4)25-17(16(12)21)23-10-13-8-6-5-7-9-13/h5-9,12,14-17,20-21H,10-11H2,1-4H3/t12-,14?,15+,16?,17+/m0/s1. The highest BCUT2D eigenvalue weighted by Gasteiger charge is 2.43. The topological polar surface area (TPSA) is 85.2 Å². The van der Waals surface area contributed by atoms with Crippen molar-refractivity contribution in [3.8, 4) is 0 Å². The predicted octanol–water partition coefficient (Wildman–Crippen LogP) is 1.88. The molecule has 6 heteroatoms. The number of hydrogen-bond acceptors (Lipinski definition) is 6. The highest BCUT2D eigenvalue weighted by atomic mass is 16.7. The van der Waals surface area contributed by atoms with Gasteiger partial charge in [0, 0.05) is 5.92 Å². The first kappa shape index (κ1) is 19.8. The molecule has 2 N–H and O–H groups in total. The molecule has 1 aliphatic rings. The Labute approximate surface area is 148 Å². The second kappa shape index (κ2) is 8.27. The van der Waals surface area contributed by atoms with Crippen molar-refractivity contribution in [2.45, 2.75) is 58.9 Å². The van der Waals surface area contributed by atoms with E-state index in [4.69, 9.17) is 14.2 Å². The zero-order valence-corrected chi connectivity index (χ0v) is 15.2. The Balaban J connectivity index is 1.95. The molecule has 0 aromatic heterocycles. The van der Waals surface area contributed by atoms with Crippen LogP contribution in [0.5, 0.6) is 0 Å². The average molecular weight is 352 g/mol. The van der Waals surface area contributed by atoms with Crippen molar-refractivity contribution in [3.05, 3.63) is 35.9 Å². The van der Waals surface area contributed by atoms with Gasteiger partial charge in [-0.05, 0) is 26.3 Å². The molecule has 5 atom stereocenters. The number of hydrogen-bond donors (Lipinski definition) is 2. The normalized spacial score (nSPS) is 30.1. The second-order valence-electron chi connectivity index (χ2n) is 7.53. The molecule has 1 heterocycles. The van der Waals surface area contributed by atoms with E-state index < -0.39 is 35.9 Å². The summed E-state index contributed by atoms with van der Waals surface area (Å²) in [6.45, 7) is 7.18. The van der Waals surface area contributed by atoms with Gasteiger partial charge in [0.15, 0.2) is 6.29 Å². The number of esters is 1. The van der Waals surface area contributed by atoms with Crippen LogP contribution in [0, 0.1) is 11.3 Å². The van der Waals surface area contributed by atoms with Crippen molar-refractivity contribution in [1.29, 1.82) is 0 Å². The Bertz CT molecular complexity index is 553. The fourth-order valence-corrected chi connectivity index (χ4v) is 2.52. The Morgan fingerprint density at radius 1 is 1.16 bits per heavy atom. The summed E-state index contributed by atoms with van der Waals surface area (Å²) >= 11 is 0. The van der Waals surface area contributed by atoms with Crippen molar-refractivity contribution in [2.75, 3.05) is 6.61 Å². The molecular formula is C19H28O6. The van der Waals surface area contributed by atoms with Crippen LogP contribution >= 0.6 is 0 Å². The van der Waals surface area contributed by atoms with E-state index in [2.05, 4.69) is 0 Å². The van der Waals surface area contributed by atoms with Crippen LogP contribution in [0.1, 0.15) is 33.3 Å². The monoisotopic (exact) mass is 352 g/mol. The van der Waals surface area contributed by atoms with E-state index in [-0.39, 0.29) is 19.2 Å². The summed E-state index contributed by atoms with van der Waals surface area (Å²) in [4.78, 5) is 11.9. The van der Waals surface area contributed by atoms with Crippen LogP contribution in [-0.4, -0.2) is 47.4 Å². The van der Waals surface area contributed by atoms with Gasteiger partial charge < -0.3 is 24.4 Å². The van der Waals surface area contributed by atoms with Crippen molar-refractivity contribution < 1.29 is 29.2 Å². The first-order chi connectivity index (χ1) is 11.7. The van der Waals surface area contributed by atoms with Crippen molar-refractivity contribution in [1.82, 2.24) is 0 Å². The third kappa shape index (κ3) is 5.25. The molecule has 25 heavy (non-hydrogen) atoms. The number of rotatable bonds is 5. The fourth-order valence-electron chi connectivity index (χ4n) is 2.52. The van der Waals surface area contributed by atoms with E-state index in [1.54, 1.807) is 27.7 Å². The highest BCUT2D eigenvalue weighted by molar-refractivity contribution is 5.75. The molecule has 1 fully saturated rings. The van der Waals surface area contributed by atoms with Gasteiger partial charge in [-0.2, -0.15) is 0 Å². The summed E-state index contributed by atoms with van der Waals surface area (Å²) in [5, 5.41) is 20.6. The maximum absolute atomic E-state index is 11.9. The van der Waals surface area contributed by atoms with Crippen LogP contribution in [0.15, 0.2) is 30.3 Å². The molecule has 1 aliphatic heterocycles. The maximum Gasteiger partial charge on any atom is 0.311 e. The van der Waals surface area contributed by atoms with Gasteiger partial charge in [-0.1, -0.05) is 37.3 Å².